The van der Waals surface area contributed by atoms with Gasteiger partial charge in [-0.15, -0.1) is 0 Å². The molecule has 0 N–H and O–H groups in total. The van der Waals surface area contributed by atoms with Crippen molar-refractivity contribution in [1.82, 2.24) is 4.90 Å². The van der Waals surface area contributed by atoms with Gasteiger partial charge < -0.3 is 9.47 Å². The zero-order valence-electron chi connectivity index (χ0n) is 12.5. The quantitative estimate of drug-likeness (QED) is 0.775. The lowest BCUT2D eigenvalue weighted by Gasteiger charge is -2.35. The van der Waals surface area contributed by atoms with Crippen molar-refractivity contribution in [3.05, 3.63) is 29.8 Å². The van der Waals surface area contributed by atoms with E-state index in [2.05, 4.69) is 18.7 Å². The third-order valence-corrected chi connectivity index (χ3v) is 3.43. The average Bonchev–Trinajstić information content (AvgIpc) is 2.38. The van der Waals surface area contributed by atoms with Crippen molar-refractivity contribution in [1.29, 1.82) is 0 Å². The van der Waals surface area contributed by atoms with E-state index in [4.69, 9.17) is 9.47 Å². The SMILES string of the molecule is CC(=O)c1ccc(OCCN2C[C@@H](C)O[C@@H](C)C2)cc1. The van der Waals surface area contributed by atoms with Crippen LogP contribution >= 0.6 is 0 Å². The highest BCUT2D eigenvalue weighted by Gasteiger charge is 2.21. The van der Waals surface area contributed by atoms with Crippen LogP contribution in [0, 0.1) is 0 Å². The van der Waals surface area contributed by atoms with E-state index in [0.717, 1.165) is 25.4 Å². The Bertz CT molecular complexity index is 434. The van der Waals surface area contributed by atoms with Gasteiger partial charge in [0.1, 0.15) is 12.4 Å². The molecule has 1 saturated heterocycles. The summed E-state index contributed by atoms with van der Waals surface area (Å²) in [5.74, 6) is 0.886. The standard InChI is InChI=1S/C16H23NO3/c1-12-10-17(11-13(2)20-12)8-9-19-16-6-4-15(5-7-16)14(3)18/h4-7,12-13H,8-11H2,1-3H3/t12-,13+. The molecule has 0 amide bonds. The van der Waals surface area contributed by atoms with E-state index < -0.39 is 0 Å². The number of rotatable bonds is 5. The first-order valence-electron chi connectivity index (χ1n) is 7.16. The number of ether oxygens (including phenoxy) is 2. The van der Waals surface area contributed by atoms with Gasteiger partial charge in [-0.25, -0.2) is 0 Å². The van der Waals surface area contributed by atoms with Gasteiger partial charge in [0.15, 0.2) is 5.78 Å². The average molecular weight is 277 g/mol. The number of carbonyl (C=O) groups excluding carboxylic acids is 1. The summed E-state index contributed by atoms with van der Waals surface area (Å²) in [6.45, 7) is 9.23. The fourth-order valence-electron chi connectivity index (χ4n) is 2.55. The lowest BCUT2D eigenvalue weighted by Crippen LogP contribution is -2.46. The molecular formula is C16H23NO3. The van der Waals surface area contributed by atoms with Crippen molar-refractivity contribution in [2.45, 2.75) is 33.0 Å². The smallest absolute Gasteiger partial charge is 0.159 e. The first kappa shape index (κ1) is 15.0. The molecule has 20 heavy (non-hydrogen) atoms. The lowest BCUT2D eigenvalue weighted by molar-refractivity contribution is -0.0699. The normalized spacial score (nSPS) is 23.6. The number of hydrogen-bond donors (Lipinski definition) is 0. The van der Waals surface area contributed by atoms with Crippen LogP contribution in [0.1, 0.15) is 31.1 Å². The Kier molecular flexibility index (Phi) is 5.15. The molecule has 2 atom stereocenters. The van der Waals surface area contributed by atoms with Gasteiger partial charge in [-0.3, -0.25) is 9.69 Å². The second kappa shape index (κ2) is 6.86. The fraction of sp³-hybridized carbons (Fsp3) is 0.562. The van der Waals surface area contributed by atoms with E-state index in [1.807, 2.05) is 12.1 Å². The van der Waals surface area contributed by atoms with Crippen molar-refractivity contribution < 1.29 is 14.3 Å². The molecule has 0 aliphatic carbocycles. The number of ketones is 1. The summed E-state index contributed by atoms with van der Waals surface area (Å²) in [4.78, 5) is 13.5. The van der Waals surface area contributed by atoms with Gasteiger partial charge >= 0.3 is 0 Å². The summed E-state index contributed by atoms with van der Waals surface area (Å²) in [5.41, 5.74) is 0.716. The number of morpholine rings is 1. The maximum absolute atomic E-state index is 11.2. The Balaban J connectivity index is 1.76. The van der Waals surface area contributed by atoms with Crippen LogP contribution < -0.4 is 4.74 Å². The molecule has 0 bridgehead atoms. The summed E-state index contributed by atoms with van der Waals surface area (Å²) in [5, 5.41) is 0. The van der Waals surface area contributed by atoms with Crippen LogP contribution in [0.4, 0.5) is 0 Å². The maximum atomic E-state index is 11.2. The highest BCUT2D eigenvalue weighted by Crippen LogP contribution is 2.14. The Morgan fingerprint density at radius 1 is 1.25 bits per heavy atom. The first-order valence-corrected chi connectivity index (χ1v) is 7.16. The van der Waals surface area contributed by atoms with E-state index in [0.29, 0.717) is 12.2 Å². The second-order valence-corrected chi connectivity index (χ2v) is 5.45. The summed E-state index contributed by atoms with van der Waals surface area (Å²) >= 11 is 0. The highest BCUT2D eigenvalue weighted by molar-refractivity contribution is 5.94. The molecular weight excluding hydrogens is 254 g/mol. The Morgan fingerprint density at radius 2 is 1.85 bits per heavy atom. The van der Waals surface area contributed by atoms with Gasteiger partial charge in [-0.2, -0.15) is 0 Å². The van der Waals surface area contributed by atoms with Crippen LogP contribution in [-0.2, 0) is 4.74 Å². The summed E-state index contributed by atoms with van der Waals surface area (Å²) in [6.07, 6.45) is 0.571. The predicted molar refractivity (Wildman–Crippen MR) is 78.4 cm³/mol. The van der Waals surface area contributed by atoms with E-state index in [1.54, 1.807) is 19.1 Å². The van der Waals surface area contributed by atoms with Crippen LogP contribution in [0.25, 0.3) is 0 Å². The third kappa shape index (κ3) is 4.32. The van der Waals surface area contributed by atoms with Crippen molar-refractivity contribution in [2.24, 2.45) is 0 Å². The van der Waals surface area contributed by atoms with Crippen LogP contribution in [0.5, 0.6) is 5.75 Å². The minimum atomic E-state index is 0.0767. The molecule has 0 spiro atoms. The zero-order chi connectivity index (χ0) is 14.5. The molecule has 4 heteroatoms. The van der Waals surface area contributed by atoms with Gasteiger partial charge in [0.2, 0.25) is 0 Å². The summed E-state index contributed by atoms with van der Waals surface area (Å²) < 4.78 is 11.4. The molecule has 1 aromatic carbocycles. The number of nitrogens with zero attached hydrogens (tertiary/aromatic N) is 1. The molecule has 4 nitrogen and oxygen atoms in total. The number of Topliss-reactive ketones (excluding diaryl/α,β-unsaturated/α-hetero) is 1. The minimum absolute atomic E-state index is 0.0767. The Labute approximate surface area is 120 Å². The van der Waals surface area contributed by atoms with Crippen LogP contribution in [0.3, 0.4) is 0 Å². The Hall–Kier alpha value is -1.39. The van der Waals surface area contributed by atoms with Gasteiger partial charge in [0, 0.05) is 25.2 Å². The monoisotopic (exact) mass is 277 g/mol. The Morgan fingerprint density at radius 3 is 2.40 bits per heavy atom. The molecule has 1 aromatic rings. The van der Waals surface area contributed by atoms with Crippen LogP contribution in [0.2, 0.25) is 0 Å². The maximum Gasteiger partial charge on any atom is 0.159 e. The second-order valence-electron chi connectivity index (χ2n) is 5.45. The number of benzene rings is 1. The van der Waals surface area contributed by atoms with Crippen molar-refractivity contribution >= 4 is 5.78 Å². The third-order valence-electron chi connectivity index (χ3n) is 3.43. The fourth-order valence-corrected chi connectivity index (χ4v) is 2.55. The van der Waals surface area contributed by atoms with Crippen LogP contribution in [-0.4, -0.2) is 49.1 Å². The predicted octanol–water partition coefficient (Wildman–Crippen LogP) is 2.38. The van der Waals surface area contributed by atoms with Crippen molar-refractivity contribution in [3.8, 4) is 5.75 Å². The van der Waals surface area contributed by atoms with Crippen LogP contribution in [0.15, 0.2) is 24.3 Å². The molecule has 0 saturated carbocycles. The topological polar surface area (TPSA) is 38.8 Å². The summed E-state index contributed by atoms with van der Waals surface area (Å²) in [6, 6.07) is 7.30. The van der Waals surface area contributed by atoms with E-state index in [-0.39, 0.29) is 18.0 Å². The van der Waals surface area contributed by atoms with E-state index in [9.17, 15) is 4.79 Å². The molecule has 110 valence electrons. The van der Waals surface area contributed by atoms with E-state index in [1.165, 1.54) is 0 Å². The molecule has 1 aliphatic rings. The van der Waals surface area contributed by atoms with Crippen molar-refractivity contribution in [2.75, 3.05) is 26.2 Å². The number of hydrogen-bond acceptors (Lipinski definition) is 4. The number of carbonyl (C=O) groups is 1. The molecule has 0 unspecified atom stereocenters. The molecule has 1 heterocycles. The van der Waals surface area contributed by atoms with E-state index >= 15 is 0 Å². The summed E-state index contributed by atoms with van der Waals surface area (Å²) in [7, 11) is 0. The molecule has 0 aromatic heterocycles. The molecule has 1 aliphatic heterocycles. The lowest BCUT2D eigenvalue weighted by atomic mass is 10.1. The minimum Gasteiger partial charge on any atom is -0.492 e. The largest absolute Gasteiger partial charge is 0.492 e. The van der Waals surface area contributed by atoms with Gasteiger partial charge in [-0.05, 0) is 45.0 Å². The molecule has 2 rings (SSSR count). The van der Waals surface area contributed by atoms with Gasteiger partial charge in [-0.1, -0.05) is 0 Å². The molecule has 1 fully saturated rings. The van der Waals surface area contributed by atoms with Gasteiger partial charge in [0.05, 0.1) is 12.2 Å². The van der Waals surface area contributed by atoms with Gasteiger partial charge in [0.25, 0.3) is 0 Å². The first-order chi connectivity index (χ1) is 9.54. The highest BCUT2D eigenvalue weighted by atomic mass is 16.5. The molecule has 0 radical (unpaired) electrons. The zero-order valence-corrected chi connectivity index (χ0v) is 12.5. The van der Waals surface area contributed by atoms with Crippen molar-refractivity contribution in [3.63, 3.8) is 0 Å².